The number of amides is 4. The van der Waals surface area contributed by atoms with E-state index in [1.807, 2.05) is 36.1 Å². The van der Waals surface area contributed by atoms with Gasteiger partial charge < -0.3 is 15.1 Å². The molecule has 1 spiro atoms. The zero-order valence-electron chi connectivity index (χ0n) is 18.0. The van der Waals surface area contributed by atoms with E-state index in [0.717, 1.165) is 38.0 Å². The summed E-state index contributed by atoms with van der Waals surface area (Å²) in [6.07, 6.45) is 3.22. The van der Waals surface area contributed by atoms with Crippen LogP contribution in [0.25, 0.3) is 0 Å². The van der Waals surface area contributed by atoms with Crippen molar-refractivity contribution in [3.63, 3.8) is 0 Å². The van der Waals surface area contributed by atoms with Crippen LogP contribution < -0.4 is 5.32 Å². The molecule has 3 fully saturated rings. The summed E-state index contributed by atoms with van der Waals surface area (Å²) in [6, 6.07) is 7.47. The lowest BCUT2D eigenvalue weighted by molar-refractivity contribution is -0.138. The number of rotatable bonds is 4. The van der Waals surface area contributed by atoms with Crippen molar-refractivity contribution < 1.29 is 14.4 Å². The van der Waals surface area contributed by atoms with Gasteiger partial charge in [-0.1, -0.05) is 36.8 Å². The normalized spacial score (nSPS) is 24.4. The molecule has 3 saturated heterocycles. The zero-order valence-corrected chi connectivity index (χ0v) is 18.0. The first kappa shape index (κ1) is 20.8. The fraction of sp³-hybridized carbons (Fsp3) is 0.609. The van der Waals surface area contributed by atoms with Crippen molar-refractivity contribution in [2.45, 2.75) is 57.5 Å². The van der Waals surface area contributed by atoms with Gasteiger partial charge in [-0.2, -0.15) is 0 Å². The molecule has 3 heterocycles. The molecule has 7 heteroatoms. The smallest absolute Gasteiger partial charge is 0.325 e. The Balaban J connectivity index is 1.41. The third-order valence-electron chi connectivity index (χ3n) is 6.94. The van der Waals surface area contributed by atoms with Crippen molar-refractivity contribution in [1.82, 2.24) is 20.0 Å². The minimum atomic E-state index is -0.753. The molecule has 1 N–H and O–H groups in total. The number of imide groups is 1. The Morgan fingerprint density at radius 3 is 2.50 bits per heavy atom. The van der Waals surface area contributed by atoms with Crippen LogP contribution in [0.1, 0.15) is 43.7 Å². The largest absolute Gasteiger partial charge is 0.340 e. The lowest BCUT2D eigenvalue weighted by Crippen LogP contribution is -2.56. The number of carbonyl (C=O) groups excluding carboxylic acids is 3. The molecule has 4 amide bonds. The first-order chi connectivity index (χ1) is 14.4. The van der Waals surface area contributed by atoms with E-state index in [1.165, 1.54) is 10.5 Å². The fourth-order valence-corrected chi connectivity index (χ4v) is 4.95. The van der Waals surface area contributed by atoms with E-state index in [1.54, 1.807) is 0 Å². The third kappa shape index (κ3) is 3.95. The van der Waals surface area contributed by atoms with Crippen LogP contribution in [-0.2, 0) is 16.0 Å². The van der Waals surface area contributed by atoms with E-state index in [4.69, 9.17) is 0 Å². The predicted octanol–water partition coefficient (Wildman–Crippen LogP) is 1.93. The average Bonchev–Trinajstić information content (AvgIpc) is 2.99. The van der Waals surface area contributed by atoms with Crippen LogP contribution in [0.5, 0.6) is 0 Å². The topological polar surface area (TPSA) is 73.0 Å². The number of likely N-dealkylation sites (tertiary alicyclic amines) is 2. The molecule has 0 aliphatic carbocycles. The van der Waals surface area contributed by atoms with Gasteiger partial charge in [0.2, 0.25) is 5.91 Å². The molecule has 0 unspecified atom stereocenters. The lowest BCUT2D eigenvalue weighted by atomic mass is 9.87. The Hall–Kier alpha value is -2.41. The fourth-order valence-electron chi connectivity index (χ4n) is 4.95. The molecule has 7 nitrogen and oxygen atoms in total. The molecular formula is C23H32N4O3. The number of nitrogens with zero attached hydrogens (tertiary/aromatic N) is 3. The van der Waals surface area contributed by atoms with Crippen molar-refractivity contribution in [1.29, 1.82) is 0 Å². The van der Waals surface area contributed by atoms with E-state index in [2.05, 4.69) is 17.1 Å². The van der Waals surface area contributed by atoms with Crippen molar-refractivity contribution >= 4 is 17.8 Å². The van der Waals surface area contributed by atoms with Crippen molar-refractivity contribution in [3.05, 3.63) is 35.4 Å². The van der Waals surface area contributed by atoms with Crippen LogP contribution in [-0.4, -0.2) is 76.8 Å². The molecule has 30 heavy (non-hydrogen) atoms. The lowest BCUT2D eigenvalue weighted by Gasteiger charge is -2.39. The van der Waals surface area contributed by atoms with E-state index < -0.39 is 5.54 Å². The molecule has 162 valence electrons. The number of nitrogens with one attached hydrogen (secondary N) is 1. The highest BCUT2D eigenvalue weighted by Crippen LogP contribution is 2.32. The van der Waals surface area contributed by atoms with Gasteiger partial charge in [-0.15, -0.1) is 0 Å². The standard InChI is InChI=1S/C23H32N4O3/c1-3-25-13-10-23(11-14-25)21(29)27(22(30)24-23)19-5-4-12-26(16-19)20(28)15-18-8-6-17(2)7-9-18/h6-9,19H,3-5,10-16H2,1-2H3,(H,24,30)/t19-/m0/s1. The van der Waals surface area contributed by atoms with Gasteiger partial charge in [0, 0.05) is 26.2 Å². The molecule has 1 aromatic carbocycles. The summed E-state index contributed by atoms with van der Waals surface area (Å²) >= 11 is 0. The third-order valence-corrected chi connectivity index (χ3v) is 6.94. The van der Waals surface area contributed by atoms with Gasteiger partial charge in [-0.05, 0) is 44.7 Å². The number of urea groups is 1. The maximum Gasteiger partial charge on any atom is 0.325 e. The number of carbonyl (C=O) groups is 3. The Labute approximate surface area is 178 Å². The SMILES string of the molecule is CCN1CCC2(CC1)NC(=O)N([C@H]1CCCN(C(=O)Cc3ccc(C)cc3)C1)C2=O. The van der Waals surface area contributed by atoms with Crippen molar-refractivity contribution in [3.8, 4) is 0 Å². The van der Waals surface area contributed by atoms with Gasteiger partial charge in [-0.3, -0.25) is 14.5 Å². The number of benzene rings is 1. The maximum atomic E-state index is 13.3. The van der Waals surface area contributed by atoms with Crippen LogP contribution in [0.2, 0.25) is 0 Å². The Kier molecular flexibility index (Phi) is 5.82. The molecule has 4 rings (SSSR count). The summed E-state index contributed by atoms with van der Waals surface area (Å²) < 4.78 is 0. The highest BCUT2D eigenvalue weighted by molar-refractivity contribution is 6.07. The van der Waals surface area contributed by atoms with Gasteiger partial charge in [0.1, 0.15) is 5.54 Å². The van der Waals surface area contributed by atoms with E-state index >= 15 is 0 Å². The van der Waals surface area contributed by atoms with Crippen molar-refractivity contribution in [2.75, 3.05) is 32.7 Å². The molecule has 3 aliphatic heterocycles. The quantitative estimate of drug-likeness (QED) is 0.767. The molecular weight excluding hydrogens is 380 g/mol. The summed E-state index contributed by atoms with van der Waals surface area (Å²) in [4.78, 5) is 44.5. The number of piperidine rings is 2. The highest BCUT2D eigenvalue weighted by Gasteiger charge is 2.54. The second-order valence-corrected chi connectivity index (χ2v) is 8.92. The summed E-state index contributed by atoms with van der Waals surface area (Å²) in [6.45, 7) is 7.86. The predicted molar refractivity (Wildman–Crippen MR) is 114 cm³/mol. The molecule has 3 aliphatic rings. The summed E-state index contributed by atoms with van der Waals surface area (Å²) in [5.74, 6) is -0.0392. The molecule has 0 radical (unpaired) electrons. The van der Waals surface area contributed by atoms with Gasteiger partial charge in [0.05, 0.1) is 12.5 Å². The van der Waals surface area contributed by atoms with Crippen LogP contribution >= 0.6 is 0 Å². The summed E-state index contributed by atoms with van der Waals surface area (Å²) in [7, 11) is 0. The first-order valence-electron chi connectivity index (χ1n) is 11.1. The second kappa shape index (κ2) is 8.38. The zero-order chi connectivity index (χ0) is 21.3. The van der Waals surface area contributed by atoms with E-state index in [9.17, 15) is 14.4 Å². The molecule has 1 aromatic rings. The monoisotopic (exact) mass is 412 g/mol. The molecule has 0 aromatic heterocycles. The summed E-state index contributed by atoms with van der Waals surface area (Å²) in [5, 5.41) is 3.01. The van der Waals surface area contributed by atoms with Crippen LogP contribution in [0.3, 0.4) is 0 Å². The van der Waals surface area contributed by atoms with Gasteiger partial charge in [0.25, 0.3) is 5.91 Å². The Morgan fingerprint density at radius 2 is 1.83 bits per heavy atom. The van der Waals surface area contributed by atoms with Gasteiger partial charge in [0.15, 0.2) is 0 Å². The number of hydrogen-bond donors (Lipinski definition) is 1. The van der Waals surface area contributed by atoms with Gasteiger partial charge in [-0.25, -0.2) is 4.79 Å². The minimum absolute atomic E-state index is 0.0570. The molecule has 1 atom stereocenters. The van der Waals surface area contributed by atoms with Crippen LogP contribution in [0.4, 0.5) is 4.79 Å². The van der Waals surface area contributed by atoms with E-state index in [-0.39, 0.29) is 23.9 Å². The maximum absolute atomic E-state index is 13.3. The number of aryl methyl sites for hydroxylation is 1. The van der Waals surface area contributed by atoms with E-state index in [0.29, 0.717) is 32.4 Å². The van der Waals surface area contributed by atoms with Crippen LogP contribution in [0, 0.1) is 6.92 Å². The van der Waals surface area contributed by atoms with Gasteiger partial charge >= 0.3 is 6.03 Å². The highest BCUT2D eigenvalue weighted by atomic mass is 16.2. The van der Waals surface area contributed by atoms with Crippen molar-refractivity contribution in [2.24, 2.45) is 0 Å². The Bertz CT molecular complexity index is 814. The number of hydrogen-bond acceptors (Lipinski definition) is 4. The average molecular weight is 413 g/mol. The molecule has 0 bridgehead atoms. The second-order valence-electron chi connectivity index (χ2n) is 8.92. The van der Waals surface area contributed by atoms with Crippen LogP contribution in [0.15, 0.2) is 24.3 Å². The Morgan fingerprint density at radius 1 is 1.13 bits per heavy atom. The summed E-state index contributed by atoms with van der Waals surface area (Å²) in [5.41, 5.74) is 1.41. The first-order valence-corrected chi connectivity index (χ1v) is 11.1. The minimum Gasteiger partial charge on any atom is -0.340 e. The molecule has 0 saturated carbocycles.